The second kappa shape index (κ2) is 8.49. The van der Waals surface area contributed by atoms with E-state index in [1.54, 1.807) is 25.3 Å². The van der Waals surface area contributed by atoms with Crippen LogP contribution < -0.4 is 5.32 Å². The highest BCUT2D eigenvalue weighted by atomic mass is 16.5. The Morgan fingerprint density at radius 3 is 2.62 bits per heavy atom. The van der Waals surface area contributed by atoms with E-state index in [2.05, 4.69) is 10.3 Å². The molecule has 7 nitrogen and oxygen atoms in total. The molecular formula is C19H28N4O3. The predicted molar refractivity (Wildman–Crippen MR) is 97.5 cm³/mol. The number of urea groups is 1. The molecule has 0 aromatic carbocycles. The molecule has 2 aliphatic rings. The van der Waals surface area contributed by atoms with E-state index in [0.29, 0.717) is 12.5 Å². The summed E-state index contributed by atoms with van der Waals surface area (Å²) in [6.07, 6.45) is 5.40. The van der Waals surface area contributed by atoms with Gasteiger partial charge in [0.1, 0.15) is 0 Å². The summed E-state index contributed by atoms with van der Waals surface area (Å²) in [6, 6.07) is 5.38. The molecule has 142 valence electrons. The van der Waals surface area contributed by atoms with Crippen LogP contribution in [-0.4, -0.2) is 66.6 Å². The van der Waals surface area contributed by atoms with Crippen molar-refractivity contribution in [3.63, 3.8) is 0 Å². The number of hydrogen-bond donors (Lipinski definition) is 1. The van der Waals surface area contributed by atoms with Crippen molar-refractivity contribution < 1.29 is 14.3 Å². The number of aromatic nitrogens is 1. The molecule has 0 spiro atoms. The van der Waals surface area contributed by atoms with Crippen molar-refractivity contribution in [1.29, 1.82) is 0 Å². The lowest BCUT2D eigenvalue weighted by molar-refractivity contribution is -0.133. The maximum atomic E-state index is 12.7. The number of amides is 3. The first kappa shape index (κ1) is 18.6. The number of rotatable bonds is 6. The highest BCUT2D eigenvalue weighted by molar-refractivity contribution is 5.81. The van der Waals surface area contributed by atoms with Crippen molar-refractivity contribution in [2.75, 3.05) is 33.9 Å². The third-order valence-corrected chi connectivity index (χ3v) is 5.20. The molecule has 2 heterocycles. The van der Waals surface area contributed by atoms with E-state index >= 15 is 0 Å². The van der Waals surface area contributed by atoms with Crippen molar-refractivity contribution in [1.82, 2.24) is 20.1 Å². The van der Waals surface area contributed by atoms with Crippen LogP contribution in [0.15, 0.2) is 24.4 Å². The van der Waals surface area contributed by atoms with Gasteiger partial charge in [-0.15, -0.1) is 0 Å². The number of nitrogens with one attached hydrogen (secondary N) is 1. The molecule has 1 N–H and O–H groups in total. The van der Waals surface area contributed by atoms with Crippen LogP contribution in [0.2, 0.25) is 0 Å². The molecule has 1 saturated heterocycles. The molecule has 3 rings (SSSR count). The van der Waals surface area contributed by atoms with Crippen LogP contribution in [0.3, 0.4) is 0 Å². The van der Waals surface area contributed by atoms with Crippen LogP contribution >= 0.6 is 0 Å². The molecule has 1 aromatic heterocycles. The average Bonchev–Trinajstić information content (AvgIpc) is 3.51. The van der Waals surface area contributed by atoms with E-state index in [0.717, 1.165) is 44.5 Å². The van der Waals surface area contributed by atoms with Crippen LogP contribution in [0.25, 0.3) is 0 Å². The number of carbonyl (C=O) groups excluding carboxylic acids is 2. The summed E-state index contributed by atoms with van der Waals surface area (Å²) in [5, 5.41) is 3.10. The molecule has 26 heavy (non-hydrogen) atoms. The first-order valence-corrected chi connectivity index (χ1v) is 9.32. The lowest BCUT2D eigenvalue weighted by Crippen LogP contribution is -2.50. The van der Waals surface area contributed by atoms with Gasteiger partial charge >= 0.3 is 6.03 Å². The Morgan fingerprint density at radius 1 is 1.31 bits per heavy atom. The van der Waals surface area contributed by atoms with Crippen molar-refractivity contribution in [3.05, 3.63) is 30.1 Å². The molecule has 0 radical (unpaired) electrons. The lowest BCUT2D eigenvalue weighted by atomic mass is 10.0. The van der Waals surface area contributed by atoms with Gasteiger partial charge in [0.05, 0.1) is 18.3 Å². The normalized spacial score (nSPS) is 19.1. The van der Waals surface area contributed by atoms with Crippen LogP contribution in [0.1, 0.15) is 37.4 Å². The Balaban J connectivity index is 1.52. The standard InChI is InChI=1S/C19H28N4O3/c1-22(17(13-26-2)16-5-3-4-10-20-16)19(25)21-15-8-11-23(12-9-15)18(24)14-6-7-14/h3-5,10,14-15,17H,6-9,11-13H2,1-2H3,(H,21,25)/t17-/m1/s1. The molecule has 3 amide bonds. The Morgan fingerprint density at radius 2 is 2.04 bits per heavy atom. The number of carbonyl (C=O) groups is 2. The van der Waals surface area contributed by atoms with Gasteiger partial charge in [0, 0.05) is 45.4 Å². The maximum Gasteiger partial charge on any atom is 0.318 e. The van der Waals surface area contributed by atoms with Gasteiger partial charge in [-0.25, -0.2) is 4.79 Å². The zero-order chi connectivity index (χ0) is 18.5. The third kappa shape index (κ3) is 4.52. The van der Waals surface area contributed by atoms with Crippen LogP contribution in [0, 0.1) is 5.92 Å². The minimum Gasteiger partial charge on any atom is -0.382 e. The largest absolute Gasteiger partial charge is 0.382 e. The van der Waals surface area contributed by atoms with Crippen molar-refractivity contribution in [3.8, 4) is 0 Å². The first-order chi connectivity index (χ1) is 12.6. The summed E-state index contributed by atoms with van der Waals surface area (Å²) < 4.78 is 5.28. The summed E-state index contributed by atoms with van der Waals surface area (Å²) in [5.74, 6) is 0.558. The smallest absolute Gasteiger partial charge is 0.318 e. The van der Waals surface area contributed by atoms with Crippen molar-refractivity contribution in [2.45, 2.75) is 37.8 Å². The van der Waals surface area contributed by atoms with Crippen LogP contribution in [0.5, 0.6) is 0 Å². The number of pyridine rings is 1. The topological polar surface area (TPSA) is 74.8 Å². The molecule has 1 atom stereocenters. The van der Waals surface area contributed by atoms with E-state index in [1.165, 1.54) is 0 Å². The van der Waals surface area contributed by atoms with E-state index < -0.39 is 0 Å². The van der Waals surface area contributed by atoms with Gasteiger partial charge < -0.3 is 19.9 Å². The first-order valence-electron chi connectivity index (χ1n) is 9.32. The van der Waals surface area contributed by atoms with E-state index in [4.69, 9.17) is 4.74 Å². The highest BCUT2D eigenvalue weighted by Crippen LogP contribution is 2.32. The van der Waals surface area contributed by atoms with Gasteiger partial charge in [-0.05, 0) is 37.8 Å². The number of ether oxygens (including phenoxy) is 1. The summed E-state index contributed by atoms with van der Waals surface area (Å²) in [5.41, 5.74) is 0.803. The van der Waals surface area contributed by atoms with E-state index in [-0.39, 0.29) is 24.0 Å². The van der Waals surface area contributed by atoms with E-state index in [9.17, 15) is 9.59 Å². The second-order valence-electron chi connectivity index (χ2n) is 7.16. The van der Waals surface area contributed by atoms with Gasteiger partial charge in [0.25, 0.3) is 0 Å². The second-order valence-corrected chi connectivity index (χ2v) is 7.16. The van der Waals surface area contributed by atoms with E-state index in [1.807, 2.05) is 23.1 Å². The lowest BCUT2D eigenvalue weighted by Gasteiger charge is -2.34. The molecule has 1 saturated carbocycles. The Hall–Kier alpha value is -2.15. The molecule has 1 aromatic rings. The van der Waals surface area contributed by atoms with Gasteiger partial charge in [0.15, 0.2) is 0 Å². The fourth-order valence-electron chi connectivity index (χ4n) is 3.38. The number of hydrogen-bond acceptors (Lipinski definition) is 4. The highest BCUT2D eigenvalue weighted by Gasteiger charge is 2.35. The Labute approximate surface area is 154 Å². The fourth-order valence-corrected chi connectivity index (χ4v) is 3.38. The zero-order valence-electron chi connectivity index (χ0n) is 15.6. The van der Waals surface area contributed by atoms with Crippen LogP contribution in [-0.2, 0) is 9.53 Å². The summed E-state index contributed by atoms with van der Waals surface area (Å²) in [6.45, 7) is 1.84. The third-order valence-electron chi connectivity index (χ3n) is 5.20. The number of likely N-dealkylation sites (N-methyl/N-ethyl adjacent to an activating group) is 1. The molecule has 0 bridgehead atoms. The zero-order valence-corrected chi connectivity index (χ0v) is 15.6. The number of nitrogens with zero attached hydrogens (tertiary/aromatic N) is 3. The molecule has 0 unspecified atom stereocenters. The summed E-state index contributed by atoms with van der Waals surface area (Å²) in [7, 11) is 3.38. The SMILES string of the molecule is COC[C@H](c1ccccn1)N(C)C(=O)NC1CCN(C(=O)C2CC2)CC1. The predicted octanol–water partition coefficient (Wildman–Crippen LogP) is 1.81. The van der Waals surface area contributed by atoms with Gasteiger partial charge in [-0.2, -0.15) is 0 Å². The summed E-state index contributed by atoms with van der Waals surface area (Å²) >= 11 is 0. The molecule has 7 heteroatoms. The Bertz CT molecular complexity index is 612. The molecular weight excluding hydrogens is 332 g/mol. The molecule has 2 fully saturated rings. The fraction of sp³-hybridized carbons (Fsp3) is 0.632. The maximum absolute atomic E-state index is 12.7. The van der Waals surface area contributed by atoms with Crippen molar-refractivity contribution in [2.24, 2.45) is 5.92 Å². The molecule has 1 aliphatic heterocycles. The number of piperidine rings is 1. The quantitative estimate of drug-likeness (QED) is 0.840. The minimum absolute atomic E-state index is 0.0973. The van der Waals surface area contributed by atoms with Crippen LogP contribution in [0.4, 0.5) is 4.79 Å². The Kier molecular flexibility index (Phi) is 6.08. The van der Waals surface area contributed by atoms with Crippen molar-refractivity contribution >= 4 is 11.9 Å². The average molecular weight is 360 g/mol. The summed E-state index contributed by atoms with van der Waals surface area (Å²) in [4.78, 5) is 32.8. The minimum atomic E-state index is -0.238. The molecule has 1 aliphatic carbocycles. The number of methoxy groups -OCH3 is 1. The van der Waals surface area contributed by atoms with Gasteiger partial charge in [-0.1, -0.05) is 6.07 Å². The van der Waals surface area contributed by atoms with Gasteiger partial charge in [0.2, 0.25) is 5.91 Å². The number of likely N-dealkylation sites (tertiary alicyclic amines) is 1. The van der Waals surface area contributed by atoms with Gasteiger partial charge in [-0.3, -0.25) is 9.78 Å². The monoisotopic (exact) mass is 360 g/mol.